The van der Waals surface area contributed by atoms with Crippen LogP contribution >= 0.6 is 0 Å². The van der Waals surface area contributed by atoms with Gasteiger partial charge >= 0.3 is 6.18 Å². The van der Waals surface area contributed by atoms with E-state index in [1.165, 1.54) is 0 Å². The number of nitrogens with two attached hydrogens (primary N) is 1. The lowest BCUT2D eigenvalue weighted by Crippen LogP contribution is -2.59. The molecule has 3 N–H and O–H groups in total. The number of halogens is 3. The van der Waals surface area contributed by atoms with Crippen LogP contribution in [-0.2, 0) is 4.74 Å². The summed E-state index contributed by atoms with van der Waals surface area (Å²) in [7, 11) is 0. The Morgan fingerprint density at radius 1 is 1.24 bits per heavy atom. The summed E-state index contributed by atoms with van der Waals surface area (Å²) in [5, 5.41) is 11.8. The van der Waals surface area contributed by atoms with Gasteiger partial charge in [0.1, 0.15) is 6.61 Å². The molecule has 0 aromatic rings. The van der Waals surface area contributed by atoms with Crippen molar-refractivity contribution in [1.29, 1.82) is 0 Å². The van der Waals surface area contributed by atoms with Crippen molar-refractivity contribution in [3.05, 3.63) is 0 Å². The summed E-state index contributed by atoms with van der Waals surface area (Å²) in [6.07, 6.45) is -4.27. The molecule has 1 aliphatic rings. The molecule has 0 atom stereocenters. The summed E-state index contributed by atoms with van der Waals surface area (Å²) >= 11 is 0. The fourth-order valence-electron chi connectivity index (χ4n) is 2.20. The van der Waals surface area contributed by atoms with Crippen LogP contribution in [0.25, 0.3) is 0 Å². The van der Waals surface area contributed by atoms with E-state index in [9.17, 15) is 13.2 Å². The minimum atomic E-state index is -4.27. The van der Waals surface area contributed by atoms with Gasteiger partial charge in [0, 0.05) is 32.7 Å². The Kier molecular flexibility index (Phi) is 6.24. The lowest BCUT2D eigenvalue weighted by atomic mass is 10.0. The quantitative estimate of drug-likeness (QED) is 0.248. The Balaban J connectivity index is 2.30. The molecule has 1 fully saturated rings. The number of ether oxygens (including phenoxy) is 1. The second kappa shape index (κ2) is 7.28. The predicted molar refractivity (Wildman–Crippen MR) is 72.4 cm³/mol. The molecule has 0 amide bonds. The zero-order valence-corrected chi connectivity index (χ0v) is 12.4. The second-order valence-corrected chi connectivity index (χ2v) is 5.54. The van der Waals surface area contributed by atoms with Gasteiger partial charge in [0.15, 0.2) is 5.84 Å². The Morgan fingerprint density at radius 2 is 1.81 bits per heavy atom. The molecular weight excluding hydrogens is 289 g/mol. The van der Waals surface area contributed by atoms with E-state index in [1.807, 2.05) is 18.7 Å². The Bertz CT molecular complexity index is 353. The van der Waals surface area contributed by atoms with Crippen LogP contribution in [0, 0.1) is 0 Å². The van der Waals surface area contributed by atoms with Crippen LogP contribution in [0.4, 0.5) is 13.2 Å². The highest BCUT2D eigenvalue weighted by molar-refractivity contribution is 5.88. The van der Waals surface area contributed by atoms with Gasteiger partial charge in [-0.2, -0.15) is 13.2 Å². The Labute approximate surface area is 122 Å². The summed E-state index contributed by atoms with van der Waals surface area (Å²) in [5.74, 6) is 0.143. The zero-order chi connectivity index (χ0) is 16.1. The third-order valence-electron chi connectivity index (χ3n) is 3.72. The number of hydrogen-bond acceptors (Lipinski definition) is 5. The summed E-state index contributed by atoms with van der Waals surface area (Å²) < 4.78 is 40.4. The van der Waals surface area contributed by atoms with Gasteiger partial charge in [0.2, 0.25) is 0 Å². The fraction of sp³-hybridized carbons (Fsp3) is 0.917. The topological polar surface area (TPSA) is 74.3 Å². The van der Waals surface area contributed by atoms with Crippen LogP contribution in [0.15, 0.2) is 5.16 Å². The standard InChI is InChI=1S/C12H23F3N4O2/c1-11(2,10(16)17-20)19-5-3-18(4-6-19)7-8-21-9-12(13,14)15/h20H,3-9H2,1-2H3,(H2,16,17). The van der Waals surface area contributed by atoms with Gasteiger partial charge < -0.3 is 15.7 Å². The number of oxime groups is 1. The molecule has 124 valence electrons. The summed E-state index contributed by atoms with van der Waals surface area (Å²) in [6.45, 7) is 5.86. The van der Waals surface area contributed by atoms with Crippen molar-refractivity contribution in [3.8, 4) is 0 Å². The van der Waals surface area contributed by atoms with Gasteiger partial charge in [0.25, 0.3) is 0 Å². The van der Waals surface area contributed by atoms with E-state index in [0.29, 0.717) is 32.7 Å². The minimum absolute atomic E-state index is 0.0587. The molecular formula is C12H23F3N4O2. The van der Waals surface area contributed by atoms with E-state index < -0.39 is 18.3 Å². The van der Waals surface area contributed by atoms with Gasteiger partial charge in [-0.15, -0.1) is 0 Å². The maximum Gasteiger partial charge on any atom is 0.411 e. The summed E-state index contributed by atoms with van der Waals surface area (Å²) in [5.41, 5.74) is 5.13. The molecule has 0 aromatic carbocycles. The van der Waals surface area contributed by atoms with Crippen molar-refractivity contribution in [2.75, 3.05) is 45.9 Å². The first-order valence-electron chi connectivity index (χ1n) is 6.76. The van der Waals surface area contributed by atoms with E-state index in [-0.39, 0.29) is 12.4 Å². The Hall–Kier alpha value is -1.06. The molecule has 0 unspecified atom stereocenters. The van der Waals surface area contributed by atoms with Gasteiger partial charge in [-0.3, -0.25) is 9.80 Å². The van der Waals surface area contributed by atoms with Crippen molar-refractivity contribution < 1.29 is 23.1 Å². The van der Waals surface area contributed by atoms with Crippen molar-refractivity contribution >= 4 is 5.84 Å². The molecule has 0 aliphatic carbocycles. The highest BCUT2D eigenvalue weighted by Crippen LogP contribution is 2.17. The summed E-state index contributed by atoms with van der Waals surface area (Å²) in [6, 6.07) is 0. The predicted octanol–water partition coefficient (Wildman–Crippen LogP) is 0.708. The lowest BCUT2D eigenvalue weighted by Gasteiger charge is -2.43. The van der Waals surface area contributed by atoms with Crippen LogP contribution in [0.1, 0.15) is 13.8 Å². The van der Waals surface area contributed by atoms with Gasteiger partial charge in [-0.25, -0.2) is 0 Å². The maximum absolute atomic E-state index is 11.9. The van der Waals surface area contributed by atoms with Crippen LogP contribution in [-0.4, -0.2) is 78.5 Å². The number of piperazine rings is 1. The average molecular weight is 312 g/mol. The van der Waals surface area contributed by atoms with E-state index >= 15 is 0 Å². The second-order valence-electron chi connectivity index (χ2n) is 5.54. The first-order valence-corrected chi connectivity index (χ1v) is 6.76. The van der Waals surface area contributed by atoms with Crippen LogP contribution in [0.5, 0.6) is 0 Å². The molecule has 1 aliphatic heterocycles. The van der Waals surface area contributed by atoms with Crippen LogP contribution in [0.2, 0.25) is 0 Å². The molecule has 21 heavy (non-hydrogen) atoms. The van der Waals surface area contributed by atoms with Gasteiger partial charge in [-0.1, -0.05) is 5.16 Å². The third kappa shape index (κ3) is 5.68. The molecule has 1 heterocycles. The Morgan fingerprint density at radius 3 is 2.29 bits per heavy atom. The van der Waals surface area contributed by atoms with Gasteiger partial charge in [-0.05, 0) is 13.8 Å². The fourth-order valence-corrected chi connectivity index (χ4v) is 2.20. The molecule has 0 aromatic heterocycles. The average Bonchev–Trinajstić information content (AvgIpc) is 2.42. The molecule has 0 radical (unpaired) electrons. The zero-order valence-electron chi connectivity index (χ0n) is 12.4. The molecule has 6 nitrogen and oxygen atoms in total. The normalized spacial score (nSPS) is 20.0. The monoisotopic (exact) mass is 312 g/mol. The van der Waals surface area contributed by atoms with Gasteiger partial charge in [0.05, 0.1) is 12.1 Å². The maximum atomic E-state index is 11.9. The van der Waals surface area contributed by atoms with E-state index in [2.05, 4.69) is 14.8 Å². The first-order chi connectivity index (χ1) is 9.66. The SMILES string of the molecule is CC(C)(C(N)=NO)N1CCN(CCOCC(F)(F)F)CC1. The first kappa shape index (κ1) is 18.0. The van der Waals surface area contributed by atoms with Crippen molar-refractivity contribution in [2.24, 2.45) is 10.9 Å². The van der Waals surface area contributed by atoms with E-state index in [0.717, 1.165) is 0 Å². The minimum Gasteiger partial charge on any atom is -0.409 e. The molecule has 1 saturated heterocycles. The lowest BCUT2D eigenvalue weighted by molar-refractivity contribution is -0.174. The number of rotatable bonds is 6. The van der Waals surface area contributed by atoms with E-state index in [1.54, 1.807) is 0 Å². The number of nitrogens with zero attached hydrogens (tertiary/aromatic N) is 3. The largest absolute Gasteiger partial charge is 0.411 e. The number of amidine groups is 1. The van der Waals surface area contributed by atoms with Crippen molar-refractivity contribution in [1.82, 2.24) is 9.80 Å². The highest BCUT2D eigenvalue weighted by atomic mass is 19.4. The van der Waals surface area contributed by atoms with Crippen molar-refractivity contribution in [3.63, 3.8) is 0 Å². The molecule has 0 spiro atoms. The molecule has 1 rings (SSSR count). The smallest absolute Gasteiger partial charge is 0.409 e. The van der Waals surface area contributed by atoms with Crippen LogP contribution < -0.4 is 5.73 Å². The third-order valence-corrected chi connectivity index (χ3v) is 3.72. The summed E-state index contributed by atoms with van der Waals surface area (Å²) in [4.78, 5) is 4.12. The number of hydrogen-bond donors (Lipinski definition) is 2. The molecule has 9 heteroatoms. The highest BCUT2D eigenvalue weighted by Gasteiger charge is 2.33. The molecule has 0 saturated carbocycles. The van der Waals surface area contributed by atoms with Crippen molar-refractivity contribution in [2.45, 2.75) is 25.6 Å². The van der Waals surface area contributed by atoms with Crippen LogP contribution in [0.3, 0.4) is 0 Å². The molecule has 0 bridgehead atoms. The van der Waals surface area contributed by atoms with E-state index in [4.69, 9.17) is 10.9 Å². The number of alkyl halides is 3.